The van der Waals surface area contributed by atoms with Crippen molar-refractivity contribution in [1.82, 2.24) is 0 Å². The molecule has 12 nitrogen and oxygen atoms in total. The number of hydrogen-bond acceptors (Lipinski definition) is 11. The van der Waals surface area contributed by atoms with Crippen LogP contribution in [0.1, 0.15) is 278 Å². The minimum Gasteiger partial charge on any atom is -0.479 e. The normalized spacial score (nSPS) is 18.3. The minimum atomic E-state index is -1.91. The van der Waals surface area contributed by atoms with Crippen LogP contribution in [0.15, 0.2) is 72.9 Å². The molecule has 0 aromatic carbocycles. The minimum absolute atomic E-state index is 0.0317. The molecule has 1 heterocycles. The first-order valence-corrected chi connectivity index (χ1v) is 31.9. The molecule has 1 aliphatic heterocycles. The smallest absolute Gasteiger partial charge is 0.335 e. The lowest BCUT2D eigenvalue weighted by Crippen LogP contribution is -2.61. The van der Waals surface area contributed by atoms with Gasteiger partial charge in [0, 0.05) is 19.3 Å². The summed E-state index contributed by atoms with van der Waals surface area (Å²) in [5.74, 6) is -3.14. The van der Waals surface area contributed by atoms with E-state index in [-0.39, 0.29) is 25.9 Å². The number of carbonyl (C=O) groups excluding carboxylic acids is 3. The molecule has 3 N–H and O–H groups in total. The zero-order chi connectivity index (χ0) is 57.5. The van der Waals surface area contributed by atoms with Gasteiger partial charge in [0.25, 0.3) is 0 Å². The Morgan fingerprint density at radius 3 is 1.24 bits per heavy atom. The molecule has 6 atom stereocenters. The number of rotatable bonds is 54. The maximum absolute atomic E-state index is 13.2. The second kappa shape index (κ2) is 54.7. The summed E-state index contributed by atoms with van der Waals surface area (Å²) in [6.45, 7) is 5.87. The maximum Gasteiger partial charge on any atom is 0.335 e. The Bertz CT molecular complexity index is 1650. The molecule has 0 amide bonds. The Balaban J connectivity index is 2.66. The average molecular weight is 1110 g/mol. The molecule has 0 saturated carbocycles. The van der Waals surface area contributed by atoms with Gasteiger partial charge in [0.05, 0.1) is 6.61 Å². The molecule has 0 aromatic rings. The molecule has 12 heteroatoms. The molecule has 1 rings (SSSR count). The van der Waals surface area contributed by atoms with Gasteiger partial charge in [-0.15, -0.1) is 0 Å². The van der Waals surface area contributed by atoms with Crippen molar-refractivity contribution in [3.05, 3.63) is 72.9 Å². The van der Waals surface area contributed by atoms with Crippen molar-refractivity contribution >= 4 is 23.9 Å². The van der Waals surface area contributed by atoms with Crippen molar-refractivity contribution in [2.45, 2.75) is 314 Å². The van der Waals surface area contributed by atoms with Gasteiger partial charge in [0.2, 0.25) is 0 Å². The van der Waals surface area contributed by atoms with Gasteiger partial charge in [-0.1, -0.05) is 241 Å². The molecular formula is C67H114O12. The number of unbranched alkanes of at least 4 members (excludes halogenated alkanes) is 28. The first-order valence-electron chi connectivity index (χ1n) is 31.9. The van der Waals surface area contributed by atoms with E-state index in [1.807, 2.05) is 0 Å². The molecule has 79 heavy (non-hydrogen) atoms. The monoisotopic (exact) mass is 1110 g/mol. The summed E-state index contributed by atoms with van der Waals surface area (Å²) >= 11 is 0. The molecule has 1 aliphatic rings. The van der Waals surface area contributed by atoms with E-state index in [9.17, 15) is 34.5 Å². The number of ether oxygens (including phenoxy) is 5. The zero-order valence-corrected chi connectivity index (χ0v) is 50.1. The standard InChI is InChI=1S/C67H114O12/c1-4-7-10-13-16-19-22-25-27-29-30-32-33-36-38-41-44-47-50-53-59(68)75-56-58(77-60(69)54-51-48-45-42-39-35-24-21-18-15-12-9-6-3)57-76-67-65(63(72)62(71)64(79-67)66(73)74)78-61(70)55-52-49-46-43-40-37-34-31-28-26-23-20-17-14-11-8-5-2/h8,11,16-17,19-20,25-28,34,37,58,62-65,67,71-72H,4-7,9-10,12-15,18,21-24,29-33,35-36,38-57H2,1-3H3,(H,73,74)/b11-8-,19-16-,20-17-,27-25-,28-26-,37-34-. The first kappa shape index (κ1) is 73.2. The first-order chi connectivity index (χ1) is 38.6. The van der Waals surface area contributed by atoms with E-state index in [0.717, 1.165) is 103 Å². The summed E-state index contributed by atoms with van der Waals surface area (Å²) in [5.41, 5.74) is 0. The van der Waals surface area contributed by atoms with Crippen LogP contribution >= 0.6 is 0 Å². The summed E-state index contributed by atoms with van der Waals surface area (Å²) < 4.78 is 28.5. The van der Waals surface area contributed by atoms with Crippen molar-refractivity contribution in [1.29, 1.82) is 0 Å². The van der Waals surface area contributed by atoms with E-state index in [1.165, 1.54) is 116 Å². The highest BCUT2D eigenvalue weighted by Gasteiger charge is 2.50. The Morgan fingerprint density at radius 2 is 0.797 bits per heavy atom. The summed E-state index contributed by atoms with van der Waals surface area (Å²) in [6.07, 6.45) is 57.1. The van der Waals surface area contributed by atoms with Crippen LogP contribution in [0.25, 0.3) is 0 Å². The van der Waals surface area contributed by atoms with Crippen LogP contribution < -0.4 is 0 Å². The molecular weight excluding hydrogens is 997 g/mol. The Labute approximate surface area is 480 Å². The van der Waals surface area contributed by atoms with Gasteiger partial charge >= 0.3 is 23.9 Å². The van der Waals surface area contributed by atoms with Crippen molar-refractivity contribution in [2.75, 3.05) is 13.2 Å². The molecule has 0 bridgehead atoms. The van der Waals surface area contributed by atoms with Gasteiger partial charge in [-0.3, -0.25) is 14.4 Å². The molecule has 6 unspecified atom stereocenters. The van der Waals surface area contributed by atoms with E-state index >= 15 is 0 Å². The number of carboxylic acids is 1. The Morgan fingerprint density at radius 1 is 0.430 bits per heavy atom. The molecule has 0 spiro atoms. The number of aliphatic carboxylic acids is 1. The topological polar surface area (TPSA) is 175 Å². The fourth-order valence-electron chi connectivity index (χ4n) is 9.39. The number of hydrogen-bond donors (Lipinski definition) is 3. The van der Waals surface area contributed by atoms with Gasteiger partial charge in [0.1, 0.15) is 18.8 Å². The van der Waals surface area contributed by atoms with Crippen LogP contribution in [-0.2, 0) is 42.9 Å². The fourth-order valence-corrected chi connectivity index (χ4v) is 9.39. The molecule has 1 saturated heterocycles. The number of aliphatic hydroxyl groups excluding tert-OH is 2. The largest absolute Gasteiger partial charge is 0.479 e. The molecule has 0 aliphatic carbocycles. The zero-order valence-electron chi connectivity index (χ0n) is 50.1. The summed E-state index contributed by atoms with van der Waals surface area (Å²) in [4.78, 5) is 51.3. The van der Waals surface area contributed by atoms with E-state index in [4.69, 9.17) is 23.7 Å². The van der Waals surface area contributed by atoms with Gasteiger partial charge in [-0.2, -0.15) is 0 Å². The number of esters is 3. The number of carbonyl (C=O) groups is 4. The third kappa shape index (κ3) is 44.5. The lowest BCUT2D eigenvalue weighted by Gasteiger charge is -2.40. The van der Waals surface area contributed by atoms with E-state index in [0.29, 0.717) is 19.3 Å². The third-order valence-electron chi connectivity index (χ3n) is 14.3. The van der Waals surface area contributed by atoms with Gasteiger partial charge in [-0.05, 0) is 89.9 Å². The number of aliphatic hydroxyl groups is 2. The highest BCUT2D eigenvalue weighted by Crippen LogP contribution is 2.26. The summed E-state index contributed by atoms with van der Waals surface area (Å²) in [6, 6.07) is 0. The lowest BCUT2D eigenvalue weighted by molar-refractivity contribution is -0.301. The second-order valence-electron chi connectivity index (χ2n) is 21.7. The van der Waals surface area contributed by atoms with Crippen molar-refractivity contribution < 1.29 is 58.2 Å². The molecule has 454 valence electrons. The van der Waals surface area contributed by atoms with Crippen LogP contribution in [0.5, 0.6) is 0 Å². The quantitative estimate of drug-likeness (QED) is 0.0228. The van der Waals surface area contributed by atoms with Crippen LogP contribution in [0.4, 0.5) is 0 Å². The number of allylic oxidation sites excluding steroid dienone is 12. The molecule has 1 fully saturated rings. The Hall–Kier alpha value is -3.84. The van der Waals surface area contributed by atoms with Crippen molar-refractivity contribution in [3.8, 4) is 0 Å². The van der Waals surface area contributed by atoms with Gasteiger partial charge in [-0.25, -0.2) is 4.79 Å². The highest BCUT2D eigenvalue weighted by atomic mass is 16.7. The average Bonchev–Trinajstić information content (AvgIpc) is 3.46. The van der Waals surface area contributed by atoms with E-state index < -0.39 is 67.3 Å². The maximum atomic E-state index is 13.2. The molecule has 0 aromatic heterocycles. The lowest BCUT2D eigenvalue weighted by atomic mass is 9.98. The van der Waals surface area contributed by atoms with Crippen LogP contribution in [0.2, 0.25) is 0 Å². The van der Waals surface area contributed by atoms with Crippen LogP contribution in [-0.4, -0.2) is 89.2 Å². The van der Waals surface area contributed by atoms with E-state index in [2.05, 4.69) is 93.7 Å². The predicted molar refractivity (Wildman–Crippen MR) is 322 cm³/mol. The van der Waals surface area contributed by atoms with E-state index in [1.54, 1.807) is 0 Å². The number of carboxylic acid groups (broad SMARTS) is 1. The van der Waals surface area contributed by atoms with Gasteiger partial charge in [0.15, 0.2) is 24.6 Å². The SMILES string of the molecule is CC/C=C\C/C=C\C/C=C\C/C=C\CCCCCCC(=O)OC1C(OCC(COC(=O)CCCCCCCCCCC/C=C\C/C=C\CCCCC)OC(=O)CCCCCCCCCCCCCCC)OC(C(=O)O)C(O)C1O. The molecule has 0 radical (unpaired) electrons. The van der Waals surface area contributed by atoms with Gasteiger partial charge < -0.3 is 39.0 Å². The summed E-state index contributed by atoms with van der Waals surface area (Å²) in [7, 11) is 0. The highest BCUT2D eigenvalue weighted by molar-refractivity contribution is 5.74. The van der Waals surface area contributed by atoms with Crippen LogP contribution in [0, 0.1) is 0 Å². The fraction of sp³-hybridized carbons (Fsp3) is 0.761. The van der Waals surface area contributed by atoms with Crippen LogP contribution in [0.3, 0.4) is 0 Å². The predicted octanol–water partition coefficient (Wildman–Crippen LogP) is 16.9. The van der Waals surface area contributed by atoms with Crippen molar-refractivity contribution in [2.24, 2.45) is 0 Å². The second-order valence-corrected chi connectivity index (χ2v) is 21.7. The van der Waals surface area contributed by atoms with Crippen molar-refractivity contribution in [3.63, 3.8) is 0 Å². The Kier molecular flexibility index (Phi) is 50.7. The summed E-state index contributed by atoms with van der Waals surface area (Å²) in [5, 5.41) is 31.5. The third-order valence-corrected chi connectivity index (χ3v) is 14.3.